The summed E-state index contributed by atoms with van der Waals surface area (Å²) in [7, 11) is -3.75. The van der Waals surface area contributed by atoms with Crippen LogP contribution >= 0.6 is 35.0 Å². The molecule has 0 bridgehead atoms. The third-order valence-corrected chi connectivity index (χ3v) is 9.87. The van der Waals surface area contributed by atoms with Gasteiger partial charge in [-0.1, -0.05) is 40.9 Å². The fourth-order valence-corrected chi connectivity index (χ4v) is 7.77. The molecule has 9 heteroatoms. The predicted molar refractivity (Wildman–Crippen MR) is 122 cm³/mol. The van der Waals surface area contributed by atoms with Crippen LogP contribution in [0, 0.1) is 6.92 Å². The molecule has 1 amide bonds. The van der Waals surface area contributed by atoms with E-state index in [-0.39, 0.29) is 20.7 Å². The van der Waals surface area contributed by atoms with Crippen molar-refractivity contribution in [3.8, 4) is 0 Å². The maximum atomic E-state index is 13.2. The van der Waals surface area contributed by atoms with Crippen LogP contribution in [0.2, 0.25) is 10.0 Å². The number of carbonyl (C=O) groups is 1. The summed E-state index contributed by atoms with van der Waals surface area (Å²) in [6.45, 7) is 3.30. The number of thioether (sulfide) groups is 1. The highest BCUT2D eigenvalue weighted by Gasteiger charge is 2.48. The van der Waals surface area contributed by atoms with Gasteiger partial charge >= 0.3 is 0 Å². The molecule has 0 aromatic heterocycles. The molecular weight excluding hydrogens is 463 g/mol. The fraction of sp³-hybridized carbons (Fsp3) is 0.381. The molecular formula is C21H22Cl2N2O3S2. The van der Waals surface area contributed by atoms with E-state index in [2.05, 4.69) is 0 Å². The zero-order valence-corrected chi connectivity index (χ0v) is 19.6. The van der Waals surface area contributed by atoms with Gasteiger partial charge < -0.3 is 4.90 Å². The SMILES string of the molecule is Cc1cccc(C(=O)N2CCSC23CCN(S(=O)(=O)c2cc(Cl)ccc2Cl)CC3)c1. The van der Waals surface area contributed by atoms with E-state index in [9.17, 15) is 13.2 Å². The summed E-state index contributed by atoms with van der Waals surface area (Å²) < 4.78 is 27.7. The molecule has 0 saturated carbocycles. The summed E-state index contributed by atoms with van der Waals surface area (Å²) in [5, 5.41) is 0.485. The van der Waals surface area contributed by atoms with Gasteiger partial charge in [-0.3, -0.25) is 4.79 Å². The maximum absolute atomic E-state index is 13.2. The average Bonchev–Trinajstić information content (AvgIpc) is 3.12. The summed E-state index contributed by atoms with van der Waals surface area (Å²) in [6.07, 6.45) is 1.15. The van der Waals surface area contributed by atoms with Gasteiger partial charge in [0.2, 0.25) is 10.0 Å². The first-order chi connectivity index (χ1) is 14.2. The van der Waals surface area contributed by atoms with Crippen LogP contribution < -0.4 is 0 Å². The fourth-order valence-electron chi connectivity index (χ4n) is 4.13. The largest absolute Gasteiger partial charge is 0.323 e. The third kappa shape index (κ3) is 3.98. The molecule has 2 saturated heterocycles. The molecule has 2 aliphatic rings. The zero-order chi connectivity index (χ0) is 21.5. The lowest BCUT2D eigenvalue weighted by Crippen LogP contribution is -2.53. The van der Waals surface area contributed by atoms with Crippen molar-refractivity contribution >= 4 is 50.9 Å². The van der Waals surface area contributed by atoms with E-state index in [0.29, 0.717) is 43.1 Å². The van der Waals surface area contributed by atoms with Gasteiger partial charge in [-0.25, -0.2) is 8.42 Å². The van der Waals surface area contributed by atoms with Gasteiger partial charge in [-0.05, 0) is 50.1 Å². The summed E-state index contributed by atoms with van der Waals surface area (Å²) in [4.78, 5) is 14.8. The lowest BCUT2D eigenvalue weighted by molar-refractivity contribution is 0.0605. The van der Waals surface area contributed by atoms with Crippen molar-refractivity contribution in [3.63, 3.8) is 0 Å². The van der Waals surface area contributed by atoms with Crippen molar-refractivity contribution < 1.29 is 13.2 Å². The molecule has 5 nitrogen and oxygen atoms in total. The van der Waals surface area contributed by atoms with Gasteiger partial charge in [0, 0.05) is 36.0 Å². The number of hydrogen-bond donors (Lipinski definition) is 0. The number of amides is 1. The molecule has 0 unspecified atom stereocenters. The number of carbonyl (C=O) groups excluding carboxylic acids is 1. The number of rotatable bonds is 3. The molecule has 2 aliphatic heterocycles. The van der Waals surface area contributed by atoms with Crippen molar-refractivity contribution in [3.05, 3.63) is 63.6 Å². The van der Waals surface area contributed by atoms with Crippen LogP contribution in [0.15, 0.2) is 47.4 Å². The Balaban J connectivity index is 1.54. The van der Waals surface area contributed by atoms with Crippen LogP contribution in [0.1, 0.15) is 28.8 Å². The number of benzene rings is 2. The van der Waals surface area contributed by atoms with Gasteiger partial charge in [0.15, 0.2) is 0 Å². The Kier molecular flexibility index (Phi) is 6.12. The monoisotopic (exact) mass is 484 g/mol. The molecule has 2 fully saturated rings. The third-order valence-electron chi connectivity index (χ3n) is 5.70. The quantitative estimate of drug-likeness (QED) is 0.634. The van der Waals surface area contributed by atoms with Crippen molar-refractivity contribution in [2.75, 3.05) is 25.4 Å². The molecule has 0 radical (unpaired) electrons. The minimum Gasteiger partial charge on any atom is -0.323 e. The van der Waals surface area contributed by atoms with Crippen LogP contribution in [0.25, 0.3) is 0 Å². The molecule has 2 aromatic rings. The molecule has 0 atom stereocenters. The molecule has 4 rings (SSSR count). The van der Waals surface area contributed by atoms with E-state index < -0.39 is 10.0 Å². The minimum atomic E-state index is -3.75. The molecule has 0 aliphatic carbocycles. The van der Waals surface area contributed by atoms with E-state index in [1.165, 1.54) is 16.4 Å². The number of hydrogen-bond acceptors (Lipinski definition) is 4. The highest BCUT2D eigenvalue weighted by molar-refractivity contribution is 8.00. The smallest absolute Gasteiger partial charge is 0.255 e. The van der Waals surface area contributed by atoms with Crippen molar-refractivity contribution in [1.29, 1.82) is 0 Å². The van der Waals surface area contributed by atoms with Gasteiger partial charge in [0.25, 0.3) is 5.91 Å². The first kappa shape index (κ1) is 22.0. The standard InChI is InChI=1S/C21H22Cl2N2O3S2/c1-15-3-2-4-16(13-15)20(26)25-11-12-29-21(25)7-9-24(10-8-21)30(27,28)19-14-17(22)5-6-18(19)23/h2-6,13-14H,7-12H2,1H3. The lowest BCUT2D eigenvalue weighted by Gasteiger charge is -2.43. The normalized spacial score (nSPS) is 19.4. The van der Waals surface area contributed by atoms with E-state index in [1.807, 2.05) is 36.1 Å². The predicted octanol–water partition coefficient (Wildman–Crippen LogP) is 4.67. The Morgan fingerprint density at radius 3 is 2.50 bits per heavy atom. The lowest BCUT2D eigenvalue weighted by atomic mass is 10.0. The Hall–Kier alpha value is -1.25. The second kappa shape index (κ2) is 8.36. The van der Waals surface area contributed by atoms with Crippen molar-refractivity contribution in [1.82, 2.24) is 9.21 Å². The number of aryl methyl sites for hydroxylation is 1. The Morgan fingerprint density at radius 2 is 1.80 bits per heavy atom. The molecule has 160 valence electrons. The summed E-state index contributed by atoms with van der Waals surface area (Å²) in [6, 6.07) is 12.1. The average molecular weight is 485 g/mol. The van der Waals surface area contributed by atoms with E-state index in [0.717, 1.165) is 11.3 Å². The second-order valence-electron chi connectivity index (χ2n) is 7.60. The van der Waals surface area contributed by atoms with Gasteiger partial charge in [-0.2, -0.15) is 4.31 Å². The van der Waals surface area contributed by atoms with Crippen LogP contribution in [-0.2, 0) is 10.0 Å². The maximum Gasteiger partial charge on any atom is 0.255 e. The van der Waals surface area contributed by atoms with Crippen LogP contribution in [0.5, 0.6) is 0 Å². The molecule has 2 heterocycles. The van der Waals surface area contributed by atoms with Gasteiger partial charge in [0.1, 0.15) is 4.90 Å². The van der Waals surface area contributed by atoms with Crippen molar-refractivity contribution in [2.45, 2.75) is 29.5 Å². The molecule has 1 spiro atoms. The van der Waals surface area contributed by atoms with Crippen molar-refractivity contribution in [2.24, 2.45) is 0 Å². The van der Waals surface area contributed by atoms with Gasteiger partial charge in [0.05, 0.1) is 9.89 Å². The molecule has 0 N–H and O–H groups in total. The molecule has 2 aromatic carbocycles. The number of sulfonamides is 1. The van der Waals surface area contributed by atoms with Crippen LogP contribution in [-0.4, -0.2) is 53.8 Å². The Morgan fingerprint density at radius 1 is 1.07 bits per heavy atom. The van der Waals surface area contributed by atoms with E-state index in [4.69, 9.17) is 23.2 Å². The topological polar surface area (TPSA) is 57.7 Å². The summed E-state index contributed by atoms with van der Waals surface area (Å²) in [5.41, 5.74) is 1.72. The number of halogens is 2. The minimum absolute atomic E-state index is 0.0119. The summed E-state index contributed by atoms with van der Waals surface area (Å²) in [5.74, 6) is 0.864. The van der Waals surface area contributed by atoms with Crippen LogP contribution in [0.4, 0.5) is 0 Å². The van der Waals surface area contributed by atoms with Crippen LogP contribution in [0.3, 0.4) is 0 Å². The highest BCUT2D eigenvalue weighted by atomic mass is 35.5. The highest BCUT2D eigenvalue weighted by Crippen LogP contribution is 2.45. The summed E-state index contributed by atoms with van der Waals surface area (Å²) >= 11 is 13.9. The second-order valence-corrected chi connectivity index (χ2v) is 11.8. The van der Waals surface area contributed by atoms with E-state index >= 15 is 0 Å². The zero-order valence-electron chi connectivity index (χ0n) is 16.5. The van der Waals surface area contributed by atoms with Gasteiger partial charge in [-0.15, -0.1) is 11.8 Å². The Bertz CT molecular complexity index is 1080. The first-order valence-corrected chi connectivity index (χ1v) is 12.9. The number of nitrogens with zero attached hydrogens (tertiary/aromatic N) is 2. The van der Waals surface area contributed by atoms with E-state index in [1.54, 1.807) is 17.8 Å². The molecule has 30 heavy (non-hydrogen) atoms. The number of piperidine rings is 1. The first-order valence-electron chi connectivity index (χ1n) is 9.71. The Labute approximate surface area is 191 Å².